The number of benzene rings is 1. The molecule has 1 atom stereocenters. The van der Waals surface area contributed by atoms with Crippen LogP contribution in [-0.4, -0.2) is 38.8 Å². The number of carbonyl (C=O) groups excluding carboxylic acids is 2. The second-order valence-corrected chi connectivity index (χ2v) is 8.17. The van der Waals surface area contributed by atoms with Gasteiger partial charge in [0.1, 0.15) is 11.5 Å². The number of aliphatic hydroxyl groups is 1. The number of pyridine rings is 2. The van der Waals surface area contributed by atoms with Gasteiger partial charge < -0.3 is 14.7 Å². The van der Waals surface area contributed by atoms with E-state index in [2.05, 4.69) is 9.97 Å². The maximum Gasteiger partial charge on any atom is 0.295 e. The molecule has 7 heteroatoms. The minimum Gasteiger partial charge on any atom is -0.507 e. The van der Waals surface area contributed by atoms with Gasteiger partial charge in [-0.3, -0.25) is 19.6 Å². The highest BCUT2D eigenvalue weighted by Crippen LogP contribution is 2.41. The van der Waals surface area contributed by atoms with Crippen molar-refractivity contribution in [3.8, 4) is 5.75 Å². The Labute approximate surface area is 192 Å². The highest BCUT2D eigenvalue weighted by Gasteiger charge is 2.46. The third kappa shape index (κ3) is 4.22. The first-order chi connectivity index (χ1) is 15.9. The van der Waals surface area contributed by atoms with Crippen molar-refractivity contribution in [1.29, 1.82) is 0 Å². The number of likely N-dealkylation sites (tertiary alicyclic amines) is 1. The van der Waals surface area contributed by atoms with E-state index in [-0.39, 0.29) is 23.8 Å². The minimum absolute atomic E-state index is 0.0557. The summed E-state index contributed by atoms with van der Waals surface area (Å²) >= 11 is 0. The Morgan fingerprint density at radius 1 is 1.03 bits per heavy atom. The molecule has 3 heterocycles. The molecule has 33 heavy (non-hydrogen) atoms. The van der Waals surface area contributed by atoms with Gasteiger partial charge in [-0.05, 0) is 65.1 Å². The Bertz CT molecular complexity index is 1210. The molecule has 0 spiro atoms. The van der Waals surface area contributed by atoms with E-state index in [0.717, 1.165) is 11.1 Å². The van der Waals surface area contributed by atoms with Crippen LogP contribution in [-0.2, 0) is 16.1 Å². The fourth-order valence-electron chi connectivity index (χ4n) is 4.11. The molecule has 3 aromatic rings. The van der Waals surface area contributed by atoms with Gasteiger partial charge >= 0.3 is 0 Å². The number of hydrogen-bond donors (Lipinski definition) is 1. The molecular formula is C26H25N3O4. The van der Waals surface area contributed by atoms with Crippen LogP contribution in [0.2, 0.25) is 0 Å². The average Bonchev–Trinajstić information content (AvgIpc) is 3.09. The molecule has 1 saturated heterocycles. The predicted molar refractivity (Wildman–Crippen MR) is 123 cm³/mol. The highest BCUT2D eigenvalue weighted by atomic mass is 16.5. The lowest BCUT2D eigenvalue weighted by Crippen LogP contribution is -2.29. The Morgan fingerprint density at radius 2 is 1.67 bits per heavy atom. The van der Waals surface area contributed by atoms with Crippen LogP contribution in [0.3, 0.4) is 0 Å². The van der Waals surface area contributed by atoms with Crippen LogP contribution in [0.25, 0.3) is 5.76 Å². The number of Topliss-reactive ketones (excluding diaryl/α,β-unsaturated/α-hetero) is 1. The summed E-state index contributed by atoms with van der Waals surface area (Å²) in [4.78, 5) is 35.8. The van der Waals surface area contributed by atoms with E-state index >= 15 is 0 Å². The third-order valence-corrected chi connectivity index (χ3v) is 5.79. The largest absolute Gasteiger partial charge is 0.507 e. The van der Waals surface area contributed by atoms with E-state index in [1.807, 2.05) is 13.8 Å². The number of carbonyl (C=O) groups is 2. The topological polar surface area (TPSA) is 92.6 Å². The number of methoxy groups -OCH3 is 1. The number of nitrogens with zero attached hydrogens (tertiary/aromatic N) is 3. The molecule has 0 bridgehead atoms. The van der Waals surface area contributed by atoms with Crippen molar-refractivity contribution in [3.05, 3.63) is 95.1 Å². The van der Waals surface area contributed by atoms with E-state index in [4.69, 9.17) is 4.74 Å². The maximum atomic E-state index is 13.2. The van der Waals surface area contributed by atoms with Crippen molar-refractivity contribution in [3.63, 3.8) is 0 Å². The predicted octanol–water partition coefficient (Wildman–Crippen LogP) is 4.23. The van der Waals surface area contributed by atoms with Crippen LogP contribution in [0, 0.1) is 0 Å². The minimum atomic E-state index is -0.745. The van der Waals surface area contributed by atoms with Gasteiger partial charge in [-0.15, -0.1) is 0 Å². The molecule has 168 valence electrons. The first-order valence-corrected chi connectivity index (χ1v) is 10.7. The van der Waals surface area contributed by atoms with Crippen LogP contribution >= 0.6 is 0 Å². The van der Waals surface area contributed by atoms with E-state index in [1.54, 1.807) is 74.4 Å². The number of aliphatic hydroxyl groups excluding tert-OH is 1. The zero-order valence-electron chi connectivity index (χ0n) is 18.7. The lowest BCUT2D eigenvalue weighted by atomic mass is 9.93. The van der Waals surface area contributed by atoms with Crippen LogP contribution in [0.4, 0.5) is 0 Å². The van der Waals surface area contributed by atoms with Crippen molar-refractivity contribution in [2.45, 2.75) is 32.4 Å². The number of rotatable bonds is 6. The van der Waals surface area contributed by atoms with E-state index < -0.39 is 17.7 Å². The van der Waals surface area contributed by atoms with Gasteiger partial charge in [0.25, 0.3) is 11.7 Å². The normalized spacial score (nSPS) is 17.6. The smallest absolute Gasteiger partial charge is 0.295 e. The second kappa shape index (κ2) is 9.24. The average molecular weight is 444 g/mol. The van der Waals surface area contributed by atoms with Crippen molar-refractivity contribution in [2.24, 2.45) is 0 Å². The Kier molecular flexibility index (Phi) is 6.22. The first kappa shape index (κ1) is 22.2. The Morgan fingerprint density at radius 3 is 2.27 bits per heavy atom. The molecular weight excluding hydrogens is 418 g/mol. The van der Waals surface area contributed by atoms with Crippen LogP contribution in [0.5, 0.6) is 5.75 Å². The zero-order valence-corrected chi connectivity index (χ0v) is 18.7. The van der Waals surface area contributed by atoms with E-state index in [9.17, 15) is 14.7 Å². The number of hydrogen-bond acceptors (Lipinski definition) is 6. The standard InChI is InChI=1S/C26H25N3O4/c1-16(2)20-14-19(4-5-21(20)33-3)24(30)22-23(18-8-12-28-13-9-18)29(26(32)25(22)31)15-17-6-10-27-11-7-17/h4-14,16,23,30H,15H2,1-3H3/b24-22-. The summed E-state index contributed by atoms with van der Waals surface area (Å²) in [6, 6.07) is 11.6. The zero-order chi connectivity index (χ0) is 23.5. The molecule has 4 rings (SSSR count). The molecule has 1 N–H and O–H groups in total. The SMILES string of the molecule is COc1ccc(/C(O)=C2/C(=O)C(=O)N(Cc3ccncc3)C2c2ccncc2)cc1C(C)C. The number of amides is 1. The number of ketones is 1. The summed E-state index contributed by atoms with van der Waals surface area (Å²) in [5, 5.41) is 11.3. The Hall–Kier alpha value is -4.00. The van der Waals surface area contributed by atoms with Gasteiger partial charge in [-0.25, -0.2) is 0 Å². The molecule has 2 aromatic heterocycles. The first-order valence-electron chi connectivity index (χ1n) is 10.7. The van der Waals surface area contributed by atoms with Gasteiger partial charge in [0, 0.05) is 36.9 Å². The van der Waals surface area contributed by atoms with Crippen molar-refractivity contribution in [1.82, 2.24) is 14.9 Å². The monoisotopic (exact) mass is 443 g/mol. The third-order valence-electron chi connectivity index (χ3n) is 5.79. The van der Waals surface area contributed by atoms with Crippen LogP contribution < -0.4 is 4.74 Å². The molecule has 1 aromatic carbocycles. The molecule has 1 aliphatic heterocycles. The quantitative estimate of drug-likeness (QED) is 0.348. The van der Waals surface area contributed by atoms with E-state index in [0.29, 0.717) is 16.9 Å². The maximum absolute atomic E-state index is 13.2. The molecule has 0 radical (unpaired) electrons. The number of ether oxygens (including phenoxy) is 1. The summed E-state index contributed by atoms with van der Waals surface area (Å²) in [6.45, 7) is 4.25. The molecule has 0 aliphatic carbocycles. The van der Waals surface area contributed by atoms with Gasteiger partial charge in [-0.1, -0.05) is 13.8 Å². The fourth-order valence-corrected chi connectivity index (χ4v) is 4.11. The summed E-state index contributed by atoms with van der Waals surface area (Å²) in [5.41, 5.74) is 2.93. The van der Waals surface area contributed by atoms with E-state index in [1.165, 1.54) is 4.90 Å². The number of aromatic nitrogens is 2. The molecule has 1 amide bonds. The highest BCUT2D eigenvalue weighted by molar-refractivity contribution is 6.46. The van der Waals surface area contributed by atoms with Gasteiger partial charge in [0.2, 0.25) is 0 Å². The summed E-state index contributed by atoms with van der Waals surface area (Å²) in [7, 11) is 1.59. The summed E-state index contributed by atoms with van der Waals surface area (Å²) in [5.74, 6) is -0.752. The lowest BCUT2D eigenvalue weighted by molar-refractivity contribution is -0.140. The molecule has 0 saturated carbocycles. The molecule has 1 fully saturated rings. The summed E-state index contributed by atoms with van der Waals surface area (Å²) in [6.07, 6.45) is 6.48. The second-order valence-electron chi connectivity index (χ2n) is 8.17. The fraction of sp³-hybridized carbons (Fsp3) is 0.231. The van der Waals surface area contributed by atoms with Gasteiger partial charge in [-0.2, -0.15) is 0 Å². The van der Waals surface area contributed by atoms with Crippen LogP contribution in [0.15, 0.2) is 72.8 Å². The van der Waals surface area contributed by atoms with Crippen molar-refractivity contribution in [2.75, 3.05) is 7.11 Å². The molecule has 1 unspecified atom stereocenters. The lowest BCUT2D eigenvalue weighted by Gasteiger charge is -2.25. The Balaban J connectivity index is 1.86. The summed E-state index contributed by atoms with van der Waals surface area (Å²) < 4.78 is 5.44. The molecule has 1 aliphatic rings. The molecule has 7 nitrogen and oxygen atoms in total. The van der Waals surface area contributed by atoms with Crippen LogP contribution in [0.1, 0.15) is 48.1 Å². The van der Waals surface area contributed by atoms with Crippen molar-refractivity contribution >= 4 is 17.4 Å². The van der Waals surface area contributed by atoms with Gasteiger partial charge in [0.15, 0.2) is 0 Å². The van der Waals surface area contributed by atoms with Crippen molar-refractivity contribution < 1.29 is 19.4 Å². The van der Waals surface area contributed by atoms with Gasteiger partial charge in [0.05, 0.1) is 18.7 Å².